The number of hydrogen-bond acceptors (Lipinski definition) is 7. The van der Waals surface area contributed by atoms with Gasteiger partial charge in [-0.25, -0.2) is 8.42 Å². The van der Waals surface area contributed by atoms with Crippen LogP contribution in [0.3, 0.4) is 0 Å². The molecule has 2 heterocycles. The van der Waals surface area contributed by atoms with Crippen LogP contribution in [0.25, 0.3) is 0 Å². The van der Waals surface area contributed by atoms with Crippen LogP contribution in [0.2, 0.25) is 0 Å². The molecule has 2 rings (SSSR count). The molecule has 1 atom stereocenters. The molecule has 0 aliphatic carbocycles. The fourth-order valence-electron chi connectivity index (χ4n) is 1.87. The quantitative estimate of drug-likeness (QED) is 0.580. The Kier molecular flexibility index (Phi) is 4.28. The summed E-state index contributed by atoms with van der Waals surface area (Å²) in [4.78, 5) is 13.1. The molecule has 0 aromatic carbocycles. The molecule has 1 aromatic rings. The molecule has 9 nitrogen and oxygen atoms in total. The summed E-state index contributed by atoms with van der Waals surface area (Å²) in [7, 11) is -3.86. The van der Waals surface area contributed by atoms with Crippen LogP contribution in [0.5, 0.6) is 0 Å². The average molecular weight is 303 g/mol. The van der Waals surface area contributed by atoms with Crippen LogP contribution >= 0.6 is 0 Å². The van der Waals surface area contributed by atoms with Gasteiger partial charge >= 0.3 is 5.82 Å². The largest absolute Gasteiger partial charge is 0.395 e. The summed E-state index contributed by atoms with van der Waals surface area (Å²) in [6.45, 7) is 0.0937. The highest BCUT2D eigenvalue weighted by Gasteiger charge is 2.34. The van der Waals surface area contributed by atoms with E-state index in [-0.39, 0.29) is 31.3 Å². The molecule has 1 aromatic heterocycles. The van der Waals surface area contributed by atoms with E-state index in [4.69, 9.17) is 4.74 Å². The zero-order chi connectivity index (χ0) is 14.8. The molecule has 0 saturated carbocycles. The molecular formula is C10H13N3O6S. The Morgan fingerprint density at radius 1 is 1.55 bits per heavy atom. The van der Waals surface area contributed by atoms with Crippen LogP contribution in [0.15, 0.2) is 23.2 Å². The Balaban J connectivity index is 2.31. The van der Waals surface area contributed by atoms with Crippen molar-refractivity contribution in [3.05, 3.63) is 28.4 Å². The lowest BCUT2D eigenvalue weighted by molar-refractivity contribution is -0.389. The lowest BCUT2D eigenvalue weighted by Gasteiger charge is -2.32. The smallest absolute Gasteiger partial charge is 0.363 e. The van der Waals surface area contributed by atoms with Crippen molar-refractivity contribution in [1.82, 2.24) is 9.29 Å². The second-order valence-electron chi connectivity index (χ2n) is 4.14. The zero-order valence-corrected chi connectivity index (χ0v) is 11.2. The van der Waals surface area contributed by atoms with Crippen LogP contribution in [0, 0.1) is 10.1 Å². The number of aliphatic hydroxyl groups is 1. The summed E-state index contributed by atoms with van der Waals surface area (Å²) >= 11 is 0. The lowest BCUT2D eigenvalue weighted by Crippen LogP contribution is -2.50. The van der Waals surface area contributed by atoms with Gasteiger partial charge in [-0.1, -0.05) is 0 Å². The van der Waals surface area contributed by atoms with Crippen molar-refractivity contribution >= 4 is 15.8 Å². The van der Waals surface area contributed by atoms with Gasteiger partial charge in [-0.3, -0.25) is 0 Å². The van der Waals surface area contributed by atoms with Crippen LogP contribution < -0.4 is 0 Å². The fourth-order valence-corrected chi connectivity index (χ4v) is 3.40. The van der Waals surface area contributed by atoms with Gasteiger partial charge < -0.3 is 20.0 Å². The second kappa shape index (κ2) is 5.79. The Hall–Kier alpha value is -1.62. The molecule has 10 heteroatoms. The van der Waals surface area contributed by atoms with E-state index in [9.17, 15) is 23.6 Å². The van der Waals surface area contributed by atoms with Crippen molar-refractivity contribution in [3.63, 3.8) is 0 Å². The van der Waals surface area contributed by atoms with E-state index in [1.165, 1.54) is 0 Å². The SMILES string of the molecule is O=[N+]([O-])c1ccc(S(=O)(=O)N2CCOCC2CO)cn1. The Labute approximate surface area is 115 Å². The monoisotopic (exact) mass is 303 g/mol. The van der Waals surface area contributed by atoms with Crippen molar-refractivity contribution in [3.8, 4) is 0 Å². The van der Waals surface area contributed by atoms with E-state index < -0.39 is 26.8 Å². The summed E-state index contributed by atoms with van der Waals surface area (Å²) in [5.41, 5.74) is 0. The maximum atomic E-state index is 12.4. The molecule has 1 fully saturated rings. The molecule has 0 bridgehead atoms. The predicted octanol–water partition coefficient (Wildman–Crippen LogP) is -0.628. The molecule has 1 N–H and O–H groups in total. The highest BCUT2D eigenvalue weighted by molar-refractivity contribution is 7.89. The zero-order valence-electron chi connectivity index (χ0n) is 10.4. The minimum absolute atomic E-state index is 0.107. The van der Waals surface area contributed by atoms with E-state index in [2.05, 4.69) is 4.98 Å². The van der Waals surface area contributed by atoms with Gasteiger partial charge in [-0.05, 0) is 16.0 Å². The van der Waals surface area contributed by atoms with Gasteiger partial charge in [0.05, 0.1) is 25.9 Å². The number of hydrogen-bond donors (Lipinski definition) is 1. The molecule has 0 amide bonds. The lowest BCUT2D eigenvalue weighted by atomic mass is 10.3. The van der Waals surface area contributed by atoms with E-state index in [0.717, 1.165) is 22.6 Å². The highest BCUT2D eigenvalue weighted by Crippen LogP contribution is 2.21. The standard InChI is InChI=1S/C10H13N3O6S/c14-6-8-7-19-4-3-12(8)20(17,18)9-1-2-10(11-5-9)13(15)16/h1-2,5,8,14H,3-4,6-7H2. The first kappa shape index (κ1) is 14.8. The van der Waals surface area contributed by atoms with Crippen LogP contribution in [0.4, 0.5) is 5.82 Å². The summed E-state index contributed by atoms with van der Waals surface area (Å²) in [5, 5.41) is 19.7. The van der Waals surface area contributed by atoms with Crippen LogP contribution in [-0.2, 0) is 14.8 Å². The van der Waals surface area contributed by atoms with Crippen LogP contribution in [-0.4, -0.2) is 60.1 Å². The Morgan fingerprint density at radius 3 is 2.85 bits per heavy atom. The third kappa shape index (κ3) is 2.77. The number of ether oxygens (including phenoxy) is 1. The van der Waals surface area contributed by atoms with E-state index in [0.29, 0.717) is 0 Å². The van der Waals surface area contributed by atoms with Gasteiger partial charge in [-0.2, -0.15) is 4.31 Å². The molecule has 0 spiro atoms. The van der Waals surface area contributed by atoms with E-state index >= 15 is 0 Å². The maximum absolute atomic E-state index is 12.4. The number of rotatable bonds is 4. The third-order valence-electron chi connectivity index (χ3n) is 2.90. The summed E-state index contributed by atoms with van der Waals surface area (Å²) < 4.78 is 31.0. The van der Waals surface area contributed by atoms with E-state index in [1.54, 1.807) is 0 Å². The number of nitrogens with zero attached hydrogens (tertiary/aromatic N) is 3. The number of aliphatic hydroxyl groups excluding tert-OH is 1. The summed E-state index contributed by atoms with van der Waals surface area (Å²) in [6.07, 6.45) is 0.942. The number of nitro groups is 1. The van der Waals surface area contributed by atoms with Gasteiger partial charge in [-0.15, -0.1) is 0 Å². The Bertz CT molecular complexity index is 588. The fraction of sp³-hybridized carbons (Fsp3) is 0.500. The summed E-state index contributed by atoms with van der Waals surface area (Å²) in [6, 6.07) is 1.50. The minimum Gasteiger partial charge on any atom is -0.395 e. The first-order valence-corrected chi connectivity index (χ1v) is 7.21. The molecule has 0 radical (unpaired) electrons. The highest BCUT2D eigenvalue weighted by atomic mass is 32.2. The topological polar surface area (TPSA) is 123 Å². The first-order chi connectivity index (χ1) is 9.46. The van der Waals surface area contributed by atoms with Crippen molar-refractivity contribution < 1.29 is 23.2 Å². The molecule has 1 unspecified atom stereocenters. The molecular weight excluding hydrogens is 290 g/mol. The predicted molar refractivity (Wildman–Crippen MR) is 66.5 cm³/mol. The molecule has 1 saturated heterocycles. The molecule has 110 valence electrons. The minimum atomic E-state index is -3.86. The van der Waals surface area contributed by atoms with Gasteiger partial charge in [0.2, 0.25) is 10.0 Å². The first-order valence-electron chi connectivity index (χ1n) is 5.77. The van der Waals surface area contributed by atoms with Crippen molar-refractivity contribution in [2.45, 2.75) is 10.9 Å². The van der Waals surface area contributed by atoms with Gasteiger partial charge in [0.15, 0.2) is 6.20 Å². The third-order valence-corrected chi connectivity index (χ3v) is 4.83. The average Bonchev–Trinajstić information content (AvgIpc) is 2.47. The number of aromatic nitrogens is 1. The second-order valence-corrected chi connectivity index (χ2v) is 6.03. The van der Waals surface area contributed by atoms with Crippen molar-refractivity contribution in [1.29, 1.82) is 0 Å². The molecule has 1 aliphatic rings. The van der Waals surface area contributed by atoms with Gasteiger partial charge in [0, 0.05) is 12.6 Å². The maximum Gasteiger partial charge on any atom is 0.363 e. The molecule has 1 aliphatic heterocycles. The van der Waals surface area contributed by atoms with Gasteiger partial charge in [0.25, 0.3) is 0 Å². The Morgan fingerprint density at radius 2 is 2.30 bits per heavy atom. The normalized spacial score (nSPS) is 20.8. The van der Waals surface area contributed by atoms with Gasteiger partial charge in [0.1, 0.15) is 4.90 Å². The van der Waals surface area contributed by atoms with Crippen molar-refractivity contribution in [2.75, 3.05) is 26.4 Å². The number of morpholine rings is 1. The molecule has 20 heavy (non-hydrogen) atoms. The summed E-state index contributed by atoms with van der Waals surface area (Å²) in [5.74, 6) is -0.426. The van der Waals surface area contributed by atoms with Crippen molar-refractivity contribution in [2.24, 2.45) is 0 Å². The van der Waals surface area contributed by atoms with E-state index in [1.807, 2.05) is 0 Å². The van der Waals surface area contributed by atoms with Crippen LogP contribution in [0.1, 0.15) is 0 Å². The number of pyridine rings is 1. The number of sulfonamides is 1.